The summed E-state index contributed by atoms with van der Waals surface area (Å²) in [4.78, 5) is 0. The number of benzene rings is 7. The van der Waals surface area contributed by atoms with Gasteiger partial charge in [0.1, 0.15) is 0 Å². The Labute approximate surface area is 547 Å². The number of aryl methyl sites for hydroxylation is 6. The summed E-state index contributed by atoms with van der Waals surface area (Å²) in [7, 11) is 0. The largest absolute Gasteiger partial charge is 0.0654 e. The normalized spacial score (nSPS) is 10.5. The van der Waals surface area contributed by atoms with Crippen molar-refractivity contribution in [1.82, 2.24) is 0 Å². The molecule has 7 aromatic rings. The molecule has 0 nitrogen and oxygen atoms in total. The maximum absolute atomic E-state index is 3.92. The second-order valence-electron chi connectivity index (χ2n) is 24.8. The van der Waals surface area contributed by atoms with Gasteiger partial charge in [0, 0.05) is 66.8 Å². The lowest BCUT2D eigenvalue weighted by Gasteiger charge is -2.14. The highest BCUT2D eigenvalue weighted by atomic mass is 14.2. The van der Waals surface area contributed by atoms with Gasteiger partial charge in [0.25, 0.3) is 0 Å². The van der Waals surface area contributed by atoms with E-state index < -0.39 is 0 Å². The molecule has 0 radical (unpaired) electrons. The van der Waals surface area contributed by atoms with E-state index in [4.69, 9.17) is 0 Å². The average Bonchev–Trinajstić information content (AvgIpc) is 1.68. The standard InChI is InChI=1S/C90H102/c1-7-13-19-31-41-79-69-87(81(43-33-21-15-9-3)67-85(79)61-59-77-55-51-75(52-56-77)49-47-73-37-27-25-28-38-73)63-65-89-71-84(46-36-24-18-12-6)90(72-83(89)45-35-23-17-11-5)66-64-88-70-80(42-32-20-14-8-2)86(68-82(88)44-34-22-16-10-4)62-60-78-57-53-76(54-58-78)50-48-74-39-29-26-30-40-74/h25-30,37-40,51-58,67-72H,7-24,31-36,41-46H2,1-6H3. The van der Waals surface area contributed by atoms with Gasteiger partial charge in [-0.2, -0.15) is 0 Å². The Morgan fingerprint density at radius 1 is 0.178 bits per heavy atom. The van der Waals surface area contributed by atoms with Gasteiger partial charge < -0.3 is 0 Å². The van der Waals surface area contributed by atoms with E-state index in [9.17, 15) is 0 Å². The lowest BCUT2D eigenvalue weighted by molar-refractivity contribution is 0.662. The van der Waals surface area contributed by atoms with E-state index in [0.29, 0.717) is 0 Å². The molecule has 0 aliphatic heterocycles. The van der Waals surface area contributed by atoms with E-state index in [2.05, 4.69) is 222 Å². The predicted octanol–water partition coefficient (Wildman–Crippen LogP) is 22.8. The van der Waals surface area contributed by atoms with Gasteiger partial charge in [0.2, 0.25) is 0 Å². The van der Waals surface area contributed by atoms with Crippen molar-refractivity contribution in [2.24, 2.45) is 0 Å². The summed E-state index contributed by atoms with van der Waals surface area (Å²) >= 11 is 0. The molecule has 0 aliphatic rings. The molecule has 0 aliphatic carbocycles. The van der Waals surface area contributed by atoms with Gasteiger partial charge in [-0.15, -0.1) is 0 Å². The van der Waals surface area contributed by atoms with Crippen molar-refractivity contribution in [3.8, 4) is 71.0 Å². The minimum absolute atomic E-state index is 0.992. The molecule has 462 valence electrons. The highest BCUT2D eigenvalue weighted by Crippen LogP contribution is 2.27. The lowest BCUT2D eigenvalue weighted by atomic mass is 9.90. The molecule has 0 aromatic heterocycles. The van der Waals surface area contributed by atoms with E-state index in [1.807, 2.05) is 36.4 Å². The molecule has 7 aromatic carbocycles. The number of rotatable bonds is 30. The topological polar surface area (TPSA) is 0 Å². The van der Waals surface area contributed by atoms with Crippen LogP contribution in [0, 0.1) is 71.0 Å². The first-order chi connectivity index (χ1) is 44.4. The van der Waals surface area contributed by atoms with Crippen molar-refractivity contribution in [3.63, 3.8) is 0 Å². The van der Waals surface area contributed by atoms with Gasteiger partial charge in [0.05, 0.1) is 0 Å². The first-order valence-electron chi connectivity index (χ1n) is 35.3. The third-order valence-corrected chi connectivity index (χ3v) is 17.2. The smallest absolute Gasteiger partial charge is 0.0284 e. The summed E-state index contributed by atoms with van der Waals surface area (Å²) in [6.07, 6.45) is 34.9. The van der Waals surface area contributed by atoms with Crippen molar-refractivity contribution in [3.05, 3.63) is 246 Å². The van der Waals surface area contributed by atoms with Crippen LogP contribution in [-0.4, -0.2) is 0 Å². The molecule has 0 heterocycles. The SMILES string of the molecule is CCCCCCc1cc(C#Cc2cc(CCCCCC)c(C#Cc3cc(CCCCCC)c(C#Cc4ccc(C#Cc5ccccc5)cc4)cc3CCCCCC)cc2CCCCCC)c(CCCCCC)cc1C#Cc1ccc(C#Cc2ccccc2)cc1. The van der Waals surface area contributed by atoms with Crippen LogP contribution < -0.4 is 0 Å². The Morgan fingerprint density at radius 2 is 0.344 bits per heavy atom. The molecule has 0 amide bonds. The second kappa shape index (κ2) is 41.2. The maximum atomic E-state index is 3.92. The van der Waals surface area contributed by atoms with Gasteiger partial charge in [-0.3, -0.25) is 0 Å². The fourth-order valence-corrected chi connectivity index (χ4v) is 11.6. The average molecular weight is 1180 g/mol. The third kappa shape index (κ3) is 24.7. The Kier molecular flexibility index (Phi) is 31.8. The van der Waals surface area contributed by atoms with Crippen molar-refractivity contribution in [2.75, 3.05) is 0 Å². The van der Waals surface area contributed by atoms with Gasteiger partial charge in [-0.25, -0.2) is 0 Å². The molecule has 0 saturated carbocycles. The Hall–Kier alpha value is -8.10. The zero-order chi connectivity index (χ0) is 63.1. The zero-order valence-electron chi connectivity index (χ0n) is 56.1. The third-order valence-electron chi connectivity index (χ3n) is 17.2. The quantitative estimate of drug-likeness (QED) is 0.0311. The van der Waals surface area contributed by atoms with Crippen LogP contribution >= 0.6 is 0 Å². The minimum Gasteiger partial charge on any atom is -0.0654 e. The van der Waals surface area contributed by atoms with Gasteiger partial charge in [-0.1, -0.05) is 265 Å². The van der Waals surface area contributed by atoms with Crippen LogP contribution in [0.2, 0.25) is 0 Å². The molecule has 0 spiro atoms. The van der Waals surface area contributed by atoms with Crippen LogP contribution in [0.1, 0.15) is 296 Å². The van der Waals surface area contributed by atoms with Crippen LogP contribution in [-0.2, 0) is 38.5 Å². The molecule has 7 rings (SSSR count). The molecule has 90 heavy (non-hydrogen) atoms. The maximum Gasteiger partial charge on any atom is 0.0284 e. The van der Waals surface area contributed by atoms with Gasteiger partial charge >= 0.3 is 0 Å². The Bertz CT molecular complexity index is 3430. The highest BCUT2D eigenvalue weighted by molar-refractivity contribution is 5.61. The van der Waals surface area contributed by atoms with Crippen molar-refractivity contribution >= 4 is 0 Å². The minimum atomic E-state index is 0.992. The summed E-state index contributed by atoms with van der Waals surface area (Å²) in [6, 6.07) is 51.8. The fraction of sp³-hybridized carbons (Fsp3) is 0.400. The first-order valence-corrected chi connectivity index (χ1v) is 35.3. The zero-order valence-corrected chi connectivity index (χ0v) is 56.1. The Balaban J connectivity index is 1.30. The van der Waals surface area contributed by atoms with Crippen LogP contribution in [0.5, 0.6) is 0 Å². The molecule has 0 saturated heterocycles. The fourth-order valence-electron chi connectivity index (χ4n) is 11.6. The second-order valence-corrected chi connectivity index (χ2v) is 24.8. The number of hydrogen-bond donors (Lipinski definition) is 0. The van der Waals surface area contributed by atoms with Crippen LogP contribution in [0.3, 0.4) is 0 Å². The van der Waals surface area contributed by atoms with E-state index in [1.165, 1.54) is 171 Å². The summed E-state index contributed by atoms with van der Waals surface area (Å²) in [5.74, 6) is 43.5. The van der Waals surface area contributed by atoms with Crippen LogP contribution in [0.25, 0.3) is 0 Å². The lowest BCUT2D eigenvalue weighted by Crippen LogP contribution is -2.01. The van der Waals surface area contributed by atoms with Crippen molar-refractivity contribution in [2.45, 2.75) is 234 Å². The van der Waals surface area contributed by atoms with Crippen LogP contribution in [0.4, 0.5) is 0 Å². The molecule has 0 fully saturated rings. The molecule has 0 heteroatoms. The summed E-state index contributed by atoms with van der Waals surface area (Å²) in [6.45, 7) is 13.8. The van der Waals surface area contributed by atoms with Crippen LogP contribution in [0.15, 0.2) is 146 Å². The van der Waals surface area contributed by atoms with Gasteiger partial charge in [0.15, 0.2) is 0 Å². The van der Waals surface area contributed by atoms with E-state index in [-0.39, 0.29) is 0 Å². The van der Waals surface area contributed by atoms with E-state index in [1.54, 1.807) is 0 Å². The van der Waals surface area contributed by atoms with E-state index in [0.717, 1.165) is 122 Å². The molecule has 0 N–H and O–H groups in total. The monoisotopic (exact) mass is 1180 g/mol. The number of unbranched alkanes of at least 4 members (excludes halogenated alkanes) is 18. The van der Waals surface area contributed by atoms with Gasteiger partial charge in [-0.05, 0) is 220 Å². The summed E-state index contributed by atoms with van der Waals surface area (Å²) < 4.78 is 0. The molecular formula is C90H102. The predicted molar refractivity (Wildman–Crippen MR) is 388 cm³/mol. The summed E-state index contributed by atoms with van der Waals surface area (Å²) in [5, 5.41) is 0. The van der Waals surface area contributed by atoms with E-state index >= 15 is 0 Å². The van der Waals surface area contributed by atoms with Crippen molar-refractivity contribution in [1.29, 1.82) is 0 Å². The number of hydrogen-bond acceptors (Lipinski definition) is 0. The molecule has 0 unspecified atom stereocenters. The summed E-state index contributed by atoms with van der Waals surface area (Å²) in [5.41, 5.74) is 21.0. The Morgan fingerprint density at radius 3 is 0.533 bits per heavy atom. The van der Waals surface area contributed by atoms with Crippen molar-refractivity contribution < 1.29 is 0 Å². The highest BCUT2D eigenvalue weighted by Gasteiger charge is 2.14. The first kappa shape index (κ1) is 69.4. The molecule has 0 atom stereocenters. The molecular weight excluding hydrogens is 1080 g/mol. The molecule has 0 bridgehead atoms.